The summed E-state index contributed by atoms with van der Waals surface area (Å²) in [6, 6.07) is 0.639. The van der Waals surface area contributed by atoms with Crippen molar-refractivity contribution in [2.75, 3.05) is 33.2 Å². The Kier molecular flexibility index (Phi) is 9.50. The van der Waals surface area contributed by atoms with Gasteiger partial charge >= 0.3 is 6.03 Å². The second kappa shape index (κ2) is 8.23. The lowest BCUT2D eigenvalue weighted by Crippen LogP contribution is -2.47. The second-order valence-electron chi connectivity index (χ2n) is 3.90. The molecule has 0 aromatic rings. The third-order valence-corrected chi connectivity index (χ3v) is 2.96. The van der Waals surface area contributed by atoms with Crippen LogP contribution in [0.4, 0.5) is 4.79 Å². The van der Waals surface area contributed by atoms with Crippen LogP contribution in [0, 0.1) is 0 Å². The predicted octanol–water partition coefficient (Wildman–Crippen LogP) is 1.37. The number of carbonyl (C=O) groups is 1. The van der Waals surface area contributed by atoms with Crippen molar-refractivity contribution >= 4 is 43.3 Å². The first-order valence-electron chi connectivity index (χ1n) is 5.01. The second-order valence-corrected chi connectivity index (χ2v) is 3.90. The number of amides is 2. The molecule has 2 saturated heterocycles. The summed E-state index contributed by atoms with van der Waals surface area (Å²) in [5.41, 5.74) is 0. The summed E-state index contributed by atoms with van der Waals surface area (Å²) >= 11 is 0. The molecule has 1 atom stereocenters. The molecule has 0 radical (unpaired) electrons. The van der Waals surface area contributed by atoms with Crippen LogP contribution < -0.4 is 5.32 Å². The molecule has 0 spiro atoms. The summed E-state index contributed by atoms with van der Waals surface area (Å²) in [5, 5.41) is 3.33. The highest BCUT2D eigenvalue weighted by atomic mass is 35.5. The van der Waals surface area contributed by atoms with E-state index in [0.717, 1.165) is 32.6 Å². The van der Waals surface area contributed by atoms with E-state index in [1.807, 2.05) is 11.9 Å². The number of hydrogen-bond acceptors (Lipinski definition) is 2. The van der Waals surface area contributed by atoms with Gasteiger partial charge in [-0.1, -0.05) is 0 Å². The van der Waals surface area contributed by atoms with Gasteiger partial charge in [-0.2, -0.15) is 0 Å². The number of rotatable bonds is 1. The van der Waals surface area contributed by atoms with Crippen molar-refractivity contribution in [3.05, 3.63) is 0 Å². The Balaban J connectivity index is 0. The van der Waals surface area contributed by atoms with Crippen LogP contribution in [-0.4, -0.2) is 55.1 Å². The number of likely N-dealkylation sites (N-methyl/N-ethyl adjacent to an activating group) is 1. The van der Waals surface area contributed by atoms with Crippen molar-refractivity contribution in [1.82, 2.24) is 15.1 Å². The molecule has 0 aromatic heterocycles. The molecule has 2 rings (SSSR count). The molecule has 0 bridgehead atoms. The highest BCUT2D eigenvalue weighted by Gasteiger charge is 2.31. The van der Waals surface area contributed by atoms with Crippen LogP contribution in [0.2, 0.25) is 0 Å². The van der Waals surface area contributed by atoms with E-state index in [9.17, 15) is 4.79 Å². The van der Waals surface area contributed by atoms with Crippen LogP contribution in [0.5, 0.6) is 0 Å². The molecule has 0 aromatic carbocycles. The quantitative estimate of drug-likeness (QED) is 0.792. The minimum atomic E-state index is 0. The summed E-state index contributed by atoms with van der Waals surface area (Å²) in [6.07, 6.45) is 2.35. The van der Waals surface area contributed by atoms with Crippen LogP contribution in [0.1, 0.15) is 12.8 Å². The summed E-state index contributed by atoms with van der Waals surface area (Å²) in [4.78, 5) is 15.4. The first-order chi connectivity index (χ1) is 6.29. The summed E-state index contributed by atoms with van der Waals surface area (Å²) < 4.78 is 0. The van der Waals surface area contributed by atoms with Crippen LogP contribution in [-0.2, 0) is 0 Å². The Morgan fingerprint density at radius 3 is 2.38 bits per heavy atom. The molecule has 0 unspecified atom stereocenters. The maximum absolute atomic E-state index is 11.6. The highest BCUT2D eigenvalue weighted by Crippen LogP contribution is 2.15. The number of nitrogens with one attached hydrogen (secondary N) is 1. The van der Waals surface area contributed by atoms with Gasteiger partial charge in [0.05, 0.1) is 0 Å². The van der Waals surface area contributed by atoms with Crippen LogP contribution in [0.25, 0.3) is 0 Å². The predicted molar refractivity (Wildman–Crippen MR) is 72.4 cm³/mol. The maximum atomic E-state index is 11.6. The molecule has 0 saturated carbocycles. The van der Waals surface area contributed by atoms with Crippen molar-refractivity contribution in [2.45, 2.75) is 18.9 Å². The van der Waals surface area contributed by atoms with E-state index in [2.05, 4.69) is 5.32 Å². The van der Waals surface area contributed by atoms with E-state index in [-0.39, 0.29) is 43.3 Å². The minimum Gasteiger partial charge on any atom is -0.326 e. The molecule has 2 fully saturated rings. The molecule has 7 heteroatoms. The molecule has 2 aliphatic rings. The first-order valence-corrected chi connectivity index (χ1v) is 5.01. The molecule has 2 aliphatic heterocycles. The standard InChI is InChI=1S/C9H17N3O.3ClH/c1-11-5-6-12(9(11)13)8-3-2-4-10-7-8;;;/h8,10H,2-7H2,1H3;3*1H/t8-;;;/m1.../s1. The molecule has 98 valence electrons. The average Bonchev–Trinajstić information content (AvgIpc) is 2.49. The molecule has 1 N–H and O–H groups in total. The molecular weight excluding hydrogens is 272 g/mol. The van der Waals surface area contributed by atoms with Gasteiger partial charge in [0, 0.05) is 32.7 Å². The van der Waals surface area contributed by atoms with Crippen LogP contribution in [0.3, 0.4) is 0 Å². The smallest absolute Gasteiger partial charge is 0.320 e. The molecule has 16 heavy (non-hydrogen) atoms. The zero-order valence-electron chi connectivity index (χ0n) is 9.35. The van der Waals surface area contributed by atoms with E-state index in [0.29, 0.717) is 6.04 Å². The van der Waals surface area contributed by atoms with Crippen molar-refractivity contribution < 1.29 is 4.79 Å². The first kappa shape index (κ1) is 18.5. The Hall–Kier alpha value is 0.1000. The van der Waals surface area contributed by atoms with Gasteiger partial charge in [0.15, 0.2) is 0 Å². The number of halogens is 3. The summed E-state index contributed by atoms with van der Waals surface area (Å²) in [7, 11) is 1.87. The Labute approximate surface area is 115 Å². The largest absolute Gasteiger partial charge is 0.326 e. The van der Waals surface area contributed by atoms with Gasteiger partial charge in [-0.25, -0.2) is 4.79 Å². The van der Waals surface area contributed by atoms with Crippen LogP contribution in [0.15, 0.2) is 0 Å². The normalized spacial score (nSPS) is 24.3. The van der Waals surface area contributed by atoms with E-state index in [1.54, 1.807) is 4.90 Å². The van der Waals surface area contributed by atoms with Gasteiger partial charge in [-0.15, -0.1) is 37.2 Å². The van der Waals surface area contributed by atoms with Gasteiger partial charge in [0.25, 0.3) is 0 Å². The van der Waals surface area contributed by atoms with E-state index in [1.165, 1.54) is 6.42 Å². The number of hydrogen-bond donors (Lipinski definition) is 1. The van der Waals surface area contributed by atoms with Crippen molar-refractivity contribution in [2.24, 2.45) is 0 Å². The van der Waals surface area contributed by atoms with Gasteiger partial charge in [-0.3, -0.25) is 0 Å². The lowest BCUT2D eigenvalue weighted by Gasteiger charge is -2.30. The SMILES string of the molecule is CN1CCN([C@@H]2CCCNC2)C1=O.Cl.Cl.Cl. The average molecular weight is 293 g/mol. The van der Waals surface area contributed by atoms with Gasteiger partial charge in [0.1, 0.15) is 0 Å². The molecule has 2 amide bonds. The van der Waals surface area contributed by atoms with E-state index >= 15 is 0 Å². The Bertz CT molecular complexity index is 212. The Morgan fingerprint density at radius 2 is 1.94 bits per heavy atom. The lowest BCUT2D eigenvalue weighted by atomic mass is 10.1. The number of nitrogens with zero attached hydrogens (tertiary/aromatic N) is 2. The zero-order valence-corrected chi connectivity index (χ0v) is 11.8. The third kappa shape index (κ3) is 3.84. The third-order valence-electron chi connectivity index (χ3n) is 2.96. The fraction of sp³-hybridized carbons (Fsp3) is 0.889. The highest BCUT2D eigenvalue weighted by molar-refractivity contribution is 5.86. The summed E-state index contributed by atoms with van der Waals surface area (Å²) in [6.45, 7) is 3.87. The fourth-order valence-corrected chi connectivity index (χ4v) is 2.11. The fourth-order valence-electron chi connectivity index (χ4n) is 2.11. The van der Waals surface area contributed by atoms with Gasteiger partial charge < -0.3 is 15.1 Å². The topological polar surface area (TPSA) is 35.6 Å². The summed E-state index contributed by atoms with van der Waals surface area (Å²) in [5.74, 6) is 0. The monoisotopic (exact) mass is 291 g/mol. The van der Waals surface area contributed by atoms with Crippen molar-refractivity contribution in [3.8, 4) is 0 Å². The molecule has 0 aliphatic carbocycles. The van der Waals surface area contributed by atoms with Gasteiger partial charge in [-0.05, 0) is 19.4 Å². The van der Waals surface area contributed by atoms with E-state index < -0.39 is 0 Å². The minimum absolute atomic E-state index is 0. The lowest BCUT2D eigenvalue weighted by molar-refractivity contribution is 0.172. The molecular formula is C9H20Cl3N3O. The maximum Gasteiger partial charge on any atom is 0.320 e. The van der Waals surface area contributed by atoms with Gasteiger partial charge in [0.2, 0.25) is 0 Å². The zero-order chi connectivity index (χ0) is 9.26. The van der Waals surface area contributed by atoms with E-state index in [4.69, 9.17) is 0 Å². The van der Waals surface area contributed by atoms with Crippen LogP contribution >= 0.6 is 37.2 Å². The molecule has 4 nitrogen and oxygen atoms in total. The number of carbonyl (C=O) groups excluding carboxylic acids is 1. The van der Waals surface area contributed by atoms with Crippen molar-refractivity contribution in [3.63, 3.8) is 0 Å². The molecule has 2 heterocycles. The Morgan fingerprint density at radius 1 is 1.25 bits per heavy atom. The number of piperidine rings is 1. The number of urea groups is 1. The van der Waals surface area contributed by atoms with Crippen molar-refractivity contribution in [1.29, 1.82) is 0 Å².